The number of aliphatic hydroxyl groups is 1. The van der Waals surface area contributed by atoms with Crippen molar-refractivity contribution in [2.24, 2.45) is 0 Å². The zero-order valence-corrected chi connectivity index (χ0v) is 22.7. The van der Waals surface area contributed by atoms with Crippen LogP contribution < -0.4 is 4.90 Å². The molecule has 5 rings (SSSR count). The lowest BCUT2D eigenvalue weighted by Crippen LogP contribution is -2.56. The maximum Gasteiger partial charge on any atom is 0.250 e. The molecule has 0 saturated carbocycles. The Bertz CT molecular complexity index is 1270. The van der Waals surface area contributed by atoms with Crippen molar-refractivity contribution >= 4 is 22.4 Å². The van der Waals surface area contributed by atoms with Gasteiger partial charge in [0.15, 0.2) is 0 Å². The summed E-state index contributed by atoms with van der Waals surface area (Å²) in [5, 5.41) is 13.3. The number of benzene rings is 3. The highest BCUT2D eigenvalue weighted by Crippen LogP contribution is 2.40. The van der Waals surface area contributed by atoms with Crippen molar-refractivity contribution in [3.05, 3.63) is 77.6 Å². The second-order valence-corrected chi connectivity index (χ2v) is 11.0. The minimum atomic E-state index is -0.681. The number of nitrogens with zero attached hydrogens (tertiary/aromatic N) is 4. The molecule has 3 aromatic carbocycles. The highest BCUT2D eigenvalue weighted by Gasteiger charge is 2.53. The van der Waals surface area contributed by atoms with Gasteiger partial charge in [0.25, 0.3) is 0 Å². The maximum atomic E-state index is 14.0. The van der Waals surface area contributed by atoms with E-state index in [9.17, 15) is 14.3 Å². The highest BCUT2D eigenvalue weighted by atomic mass is 19.1. The van der Waals surface area contributed by atoms with Crippen LogP contribution in [0.1, 0.15) is 30.9 Å². The molecular weight excluding hydrogens is 479 g/mol. The van der Waals surface area contributed by atoms with Crippen LogP contribution in [0.15, 0.2) is 60.7 Å². The molecule has 0 bridgehead atoms. The first-order valence-corrected chi connectivity index (χ1v) is 13.7. The van der Waals surface area contributed by atoms with Crippen molar-refractivity contribution in [1.82, 2.24) is 14.7 Å². The molecule has 2 heterocycles. The SMILES string of the molecule is CCN(C)C[C@@H](O)CN1CN(c2ccc(F)cc2)C2(CCN(Cc3cccc4cccc(C)c34)CC2)C1=O. The van der Waals surface area contributed by atoms with Gasteiger partial charge in [0.05, 0.1) is 12.8 Å². The van der Waals surface area contributed by atoms with E-state index in [-0.39, 0.29) is 11.7 Å². The molecule has 6 nitrogen and oxygen atoms in total. The van der Waals surface area contributed by atoms with Crippen molar-refractivity contribution in [2.45, 2.75) is 44.9 Å². The summed E-state index contributed by atoms with van der Waals surface area (Å²) in [6.07, 6.45) is 0.756. The standard InChI is InChI=1S/C31H39FN4O2/c1-4-33(3)20-28(37)21-35-22-36(27-13-11-26(32)12-14-27)31(30(35)38)15-17-34(18-16-31)19-25-10-6-9-24-8-5-7-23(2)29(24)25/h5-14,28,37H,4,15-22H2,1-3H3/t28-/m1/s1. The van der Waals surface area contributed by atoms with Crippen LogP contribution in [0.2, 0.25) is 0 Å². The zero-order valence-electron chi connectivity index (χ0n) is 22.7. The fourth-order valence-electron chi connectivity index (χ4n) is 6.23. The number of amides is 1. The number of hydrogen-bond donors (Lipinski definition) is 1. The van der Waals surface area contributed by atoms with Gasteiger partial charge in [-0.25, -0.2) is 4.39 Å². The molecule has 202 valence electrons. The van der Waals surface area contributed by atoms with Crippen LogP contribution in [0, 0.1) is 12.7 Å². The van der Waals surface area contributed by atoms with Gasteiger partial charge in [0.1, 0.15) is 11.4 Å². The molecule has 2 aliphatic heterocycles. The second kappa shape index (κ2) is 11.0. The van der Waals surface area contributed by atoms with E-state index in [4.69, 9.17) is 0 Å². The summed E-state index contributed by atoms with van der Waals surface area (Å²) in [6.45, 7) is 8.69. The van der Waals surface area contributed by atoms with Crippen LogP contribution in [0.3, 0.4) is 0 Å². The summed E-state index contributed by atoms with van der Waals surface area (Å²) in [5.74, 6) is -0.218. The Labute approximate surface area is 225 Å². The van der Waals surface area contributed by atoms with Gasteiger partial charge < -0.3 is 19.8 Å². The van der Waals surface area contributed by atoms with Crippen LogP contribution in [-0.4, -0.2) is 83.8 Å². The van der Waals surface area contributed by atoms with Crippen LogP contribution in [0.25, 0.3) is 10.8 Å². The molecule has 0 radical (unpaired) electrons. The Morgan fingerprint density at radius 2 is 1.74 bits per heavy atom. The lowest BCUT2D eigenvalue weighted by molar-refractivity contribution is -0.134. The molecule has 2 saturated heterocycles. The van der Waals surface area contributed by atoms with Crippen LogP contribution in [0.5, 0.6) is 0 Å². The third-order valence-electron chi connectivity index (χ3n) is 8.42. The summed E-state index contributed by atoms with van der Waals surface area (Å²) >= 11 is 0. The number of anilines is 1. The van der Waals surface area contributed by atoms with Crippen molar-refractivity contribution in [2.75, 3.05) is 51.3 Å². The van der Waals surface area contributed by atoms with Crippen LogP contribution in [0.4, 0.5) is 10.1 Å². The average molecular weight is 519 g/mol. The van der Waals surface area contributed by atoms with E-state index in [2.05, 4.69) is 53.1 Å². The molecule has 1 amide bonds. The van der Waals surface area contributed by atoms with Crippen molar-refractivity contribution in [1.29, 1.82) is 0 Å². The zero-order chi connectivity index (χ0) is 26.9. The fourth-order valence-corrected chi connectivity index (χ4v) is 6.23. The van der Waals surface area contributed by atoms with E-state index in [0.717, 1.165) is 31.9 Å². The van der Waals surface area contributed by atoms with E-state index in [1.807, 2.05) is 18.9 Å². The smallest absolute Gasteiger partial charge is 0.250 e. The number of aliphatic hydroxyl groups excluding tert-OH is 1. The van der Waals surface area contributed by atoms with E-state index in [0.29, 0.717) is 32.6 Å². The number of halogens is 1. The van der Waals surface area contributed by atoms with Gasteiger partial charge in [-0.1, -0.05) is 43.3 Å². The molecular formula is C31H39FN4O2. The molecule has 2 fully saturated rings. The number of hydrogen-bond acceptors (Lipinski definition) is 5. The van der Waals surface area contributed by atoms with Gasteiger partial charge in [-0.15, -0.1) is 0 Å². The largest absolute Gasteiger partial charge is 0.390 e. The normalized spacial score (nSPS) is 18.7. The molecule has 38 heavy (non-hydrogen) atoms. The number of carbonyl (C=O) groups is 1. The lowest BCUT2D eigenvalue weighted by Gasteiger charge is -2.43. The topological polar surface area (TPSA) is 50.3 Å². The van der Waals surface area contributed by atoms with Crippen molar-refractivity contribution in [3.63, 3.8) is 0 Å². The number of carbonyl (C=O) groups excluding carboxylic acids is 1. The van der Waals surface area contributed by atoms with Crippen LogP contribution in [-0.2, 0) is 11.3 Å². The predicted octanol–water partition coefficient (Wildman–Crippen LogP) is 4.24. The first-order valence-electron chi connectivity index (χ1n) is 13.7. The second-order valence-electron chi connectivity index (χ2n) is 11.0. The van der Waals surface area contributed by atoms with Crippen molar-refractivity contribution < 1.29 is 14.3 Å². The Morgan fingerprint density at radius 1 is 1.05 bits per heavy atom. The third kappa shape index (κ3) is 5.15. The Balaban J connectivity index is 1.36. The Hall–Kier alpha value is -3.00. The summed E-state index contributed by atoms with van der Waals surface area (Å²) < 4.78 is 13.7. The lowest BCUT2D eigenvalue weighted by atomic mass is 9.85. The molecule has 1 atom stereocenters. The van der Waals surface area contributed by atoms with Gasteiger partial charge in [0.2, 0.25) is 5.91 Å². The monoisotopic (exact) mass is 518 g/mol. The number of likely N-dealkylation sites (tertiary alicyclic amines) is 1. The minimum absolute atomic E-state index is 0.0701. The predicted molar refractivity (Wildman–Crippen MR) is 151 cm³/mol. The molecule has 2 aliphatic rings. The van der Waals surface area contributed by atoms with Gasteiger partial charge >= 0.3 is 0 Å². The number of β-amino-alcohol motifs (C(OH)–C–C–N with tert-alkyl or cyclic N) is 1. The van der Waals surface area contributed by atoms with Crippen LogP contribution >= 0.6 is 0 Å². The number of aryl methyl sites for hydroxylation is 1. The van der Waals surface area contributed by atoms with Gasteiger partial charge in [-0.2, -0.15) is 0 Å². The van der Waals surface area contributed by atoms with E-state index in [1.165, 1.54) is 34.0 Å². The highest BCUT2D eigenvalue weighted by molar-refractivity contribution is 5.93. The summed E-state index contributed by atoms with van der Waals surface area (Å²) in [7, 11) is 1.97. The Morgan fingerprint density at radius 3 is 2.42 bits per heavy atom. The third-order valence-corrected chi connectivity index (χ3v) is 8.42. The summed E-state index contributed by atoms with van der Waals surface area (Å²) in [4.78, 5) is 22.4. The average Bonchev–Trinajstić information content (AvgIpc) is 3.16. The van der Waals surface area contributed by atoms with Crippen molar-refractivity contribution in [3.8, 4) is 0 Å². The fraction of sp³-hybridized carbons (Fsp3) is 0.452. The van der Waals surface area contributed by atoms with Gasteiger partial charge in [-0.3, -0.25) is 9.69 Å². The van der Waals surface area contributed by atoms with E-state index >= 15 is 0 Å². The number of likely N-dealkylation sites (N-methyl/N-ethyl adjacent to an activating group) is 1. The van der Waals surface area contributed by atoms with Gasteiger partial charge in [-0.05, 0) is 79.5 Å². The summed E-state index contributed by atoms with van der Waals surface area (Å²) in [6, 6.07) is 19.4. The molecule has 0 unspecified atom stereocenters. The first kappa shape index (κ1) is 26.6. The van der Waals surface area contributed by atoms with Gasteiger partial charge in [0, 0.05) is 38.4 Å². The van der Waals surface area contributed by atoms with E-state index in [1.54, 1.807) is 17.0 Å². The number of piperidine rings is 1. The summed E-state index contributed by atoms with van der Waals surface area (Å²) in [5.41, 5.74) is 2.76. The quantitative estimate of drug-likeness (QED) is 0.484. The molecule has 3 aromatic rings. The maximum absolute atomic E-state index is 14.0. The number of rotatable bonds is 8. The molecule has 1 spiro atoms. The first-order chi connectivity index (χ1) is 18.3. The number of fused-ring (bicyclic) bond motifs is 1. The molecule has 0 aliphatic carbocycles. The molecule has 1 N–H and O–H groups in total. The minimum Gasteiger partial charge on any atom is -0.390 e. The Kier molecular flexibility index (Phi) is 7.70. The molecule has 0 aromatic heterocycles. The molecule has 7 heteroatoms. The van der Waals surface area contributed by atoms with E-state index < -0.39 is 11.6 Å².